The number of hydrogen-bond acceptors (Lipinski definition) is 6. The van der Waals surface area contributed by atoms with Crippen LogP contribution in [0, 0.1) is 17.0 Å². The van der Waals surface area contributed by atoms with Crippen molar-refractivity contribution in [3.05, 3.63) is 98.2 Å². The van der Waals surface area contributed by atoms with Gasteiger partial charge >= 0.3 is 0 Å². The van der Waals surface area contributed by atoms with Gasteiger partial charge in [-0.25, -0.2) is 9.67 Å². The molecule has 1 N–H and O–H groups in total. The van der Waals surface area contributed by atoms with Crippen LogP contribution in [0.3, 0.4) is 0 Å². The van der Waals surface area contributed by atoms with Gasteiger partial charge in [-0.05, 0) is 18.6 Å². The molecule has 2 aromatic carbocycles. The molecule has 0 saturated heterocycles. The summed E-state index contributed by atoms with van der Waals surface area (Å²) in [6.07, 6.45) is 2.96. The van der Waals surface area contributed by atoms with Crippen molar-refractivity contribution in [2.24, 2.45) is 0 Å². The van der Waals surface area contributed by atoms with Crippen LogP contribution >= 0.6 is 0 Å². The minimum Gasteiger partial charge on any atom is -0.350 e. The summed E-state index contributed by atoms with van der Waals surface area (Å²) in [7, 11) is 0. The topological polar surface area (TPSA) is 125 Å². The first-order chi connectivity index (χ1) is 15.4. The van der Waals surface area contributed by atoms with E-state index in [1.165, 1.54) is 41.4 Å². The van der Waals surface area contributed by atoms with E-state index in [0.717, 1.165) is 11.1 Å². The summed E-state index contributed by atoms with van der Waals surface area (Å²) in [4.78, 5) is 39.8. The van der Waals surface area contributed by atoms with E-state index in [1.54, 1.807) is 4.68 Å². The zero-order valence-electron chi connectivity index (χ0n) is 17.3. The summed E-state index contributed by atoms with van der Waals surface area (Å²) in [5.41, 5.74) is 2.40. The molecule has 10 heteroatoms. The van der Waals surface area contributed by atoms with E-state index < -0.39 is 10.8 Å². The van der Waals surface area contributed by atoms with Crippen molar-refractivity contribution >= 4 is 22.6 Å². The maximum absolute atomic E-state index is 12.8. The molecule has 0 bridgehead atoms. The summed E-state index contributed by atoms with van der Waals surface area (Å²) in [5.74, 6) is -0.432. The van der Waals surface area contributed by atoms with Gasteiger partial charge in [-0.1, -0.05) is 35.9 Å². The van der Waals surface area contributed by atoms with Crippen LogP contribution < -0.4 is 10.9 Å². The molecule has 0 fully saturated rings. The van der Waals surface area contributed by atoms with Crippen molar-refractivity contribution < 1.29 is 9.72 Å². The van der Waals surface area contributed by atoms with E-state index in [2.05, 4.69) is 15.4 Å². The van der Waals surface area contributed by atoms with E-state index >= 15 is 0 Å². The Kier molecular flexibility index (Phi) is 5.75. The van der Waals surface area contributed by atoms with Gasteiger partial charge in [0.1, 0.15) is 11.7 Å². The number of nitrogens with zero attached hydrogens (tertiary/aromatic N) is 5. The van der Waals surface area contributed by atoms with Crippen LogP contribution in [0.15, 0.2) is 65.8 Å². The summed E-state index contributed by atoms with van der Waals surface area (Å²) >= 11 is 0. The number of aryl methyl sites for hydroxylation is 1. The van der Waals surface area contributed by atoms with Crippen molar-refractivity contribution in [3.63, 3.8) is 0 Å². The lowest BCUT2D eigenvalue weighted by Gasteiger charge is -2.08. The number of hydrogen-bond donors (Lipinski definition) is 1. The predicted octanol–water partition coefficient (Wildman–Crippen LogP) is 2.29. The molecule has 4 rings (SSSR count). The normalized spacial score (nSPS) is 10.9. The average molecular weight is 432 g/mol. The molecule has 0 aliphatic rings. The van der Waals surface area contributed by atoms with E-state index in [9.17, 15) is 19.7 Å². The van der Waals surface area contributed by atoms with Crippen molar-refractivity contribution in [1.82, 2.24) is 24.6 Å². The zero-order chi connectivity index (χ0) is 22.7. The van der Waals surface area contributed by atoms with Crippen molar-refractivity contribution in [1.29, 1.82) is 0 Å². The van der Waals surface area contributed by atoms with Gasteiger partial charge in [0, 0.05) is 24.2 Å². The summed E-state index contributed by atoms with van der Waals surface area (Å²) in [6, 6.07) is 13.4. The molecule has 2 heterocycles. The van der Waals surface area contributed by atoms with Gasteiger partial charge in [-0.3, -0.25) is 24.3 Å². The molecule has 10 nitrogen and oxygen atoms in total. The van der Waals surface area contributed by atoms with E-state index in [1.807, 2.05) is 31.2 Å². The van der Waals surface area contributed by atoms with Gasteiger partial charge in [0.2, 0.25) is 0 Å². The molecular weight excluding hydrogens is 412 g/mol. The number of carbonyl (C=O) groups is 1. The quantitative estimate of drug-likeness (QED) is 0.353. The fraction of sp³-hybridized carbons (Fsp3) is 0.182. The van der Waals surface area contributed by atoms with Gasteiger partial charge in [-0.2, -0.15) is 5.10 Å². The third-order valence-electron chi connectivity index (χ3n) is 4.99. The second kappa shape index (κ2) is 8.80. The summed E-state index contributed by atoms with van der Waals surface area (Å²) in [6.45, 7) is 2.91. The lowest BCUT2D eigenvalue weighted by atomic mass is 10.1. The van der Waals surface area contributed by atoms with Crippen LogP contribution in [0.2, 0.25) is 0 Å². The molecule has 0 saturated carbocycles. The molecule has 0 unspecified atom stereocenters. The Morgan fingerprint density at radius 3 is 2.78 bits per heavy atom. The van der Waals surface area contributed by atoms with Crippen molar-refractivity contribution in [3.8, 4) is 0 Å². The van der Waals surface area contributed by atoms with Gasteiger partial charge in [0.05, 0.1) is 24.2 Å². The number of nitro groups is 1. The zero-order valence-corrected chi connectivity index (χ0v) is 17.3. The first-order valence-corrected chi connectivity index (χ1v) is 9.91. The molecule has 1 amide bonds. The monoisotopic (exact) mass is 432 g/mol. The van der Waals surface area contributed by atoms with Crippen LogP contribution in [0.25, 0.3) is 11.0 Å². The minimum atomic E-state index is -0.552. The van der Waals surface area contributed by atoms with Gasteiger partial charge in [-0.15, -0.1) is 0 Å². The summed E-state index contributed by atoms with van der Waals surface area (Å²) < 4.78 is 3.08. The van der Waals surface area contributed by atoms with E-state index in [-0.39, 0.29) is 23.4 Å². The lowest BCUT2D eigenvalue weighted by molar-refractivity contribution is -0.384. The molecule has 0 radical (unpaired) electrons. The molecular formula is C22H20N6O4. The maximum Gasteiger partial charge on any atom is 0.270 e. The second-order valence-corrected chi connectivity index (χ2v) is 7.34. The number of nitrogens with one attached hydrogen (secondary N) is 1. The highest BCUT2D eigenvalue weighted by molar-refractivity contribution is 5.94. The smallest absolute Gasteiger partial charge is 0.270 e. The Morgan fingerprint density at radius 1 is 1.19 bits per heavy atom. The number of aromatic nitrogens is 4. The van der Waals surface area contributed by atoms with Crippen LogP contribution in [-0.4, -0.2) is 36.7 Å². The molecule has 32 heavy (non-hydrogen) atoms. The highest BCUT2D eigenvalue weighted by Crippen LogP contribution is 2.13. The average Bonchev–Trinajstić information content (AvgIpc) is 3.19. The Hall–Kier alpha value is -4.34. The number of rotatable bonds is 7. The third-order valence-corrected chi connectivity index (χ3v) is 4.99. The number of fused-ring (bicyclic) bond motifs is 1. The van der Waals surface area contributed by atoms with Crippen molar-refractivity contribution in [2.75, 3.05) is 6.54 Å². The number of non-ortho nitro benzene ring substituents is 1. The van der Waals surface area contributed by atoms with Gasteiger partial charge in [0.25, 0.3) is 17.2 Å². The molecule has 0 spiro atoms. The largest absolute Gasteiger partial charge is 0.350 e. The number of nitro benzene ring substituents is 1. The maximum atomic E-state index is 12.8. The number of carbonyl (C=O) groups excluding carboxylic acids is 1. The minimum absolute atomic E-state index is 0.151. The highest BCUT2D eigenvalue weighted by atomic mass is 16.6. The standard InChI is InChI=1S/C22H20N6O4/c1-15-4-2-5-16(10-15)13-26-14-24-20-19(22(26)30)12-25-27(20)9-8-23-21(29)17-6-3-7-18(11-17)28(31)32/h2-7,10-12,14H,8-9,13H2,1H3,(H,23,29). The van der Waals surface area contributed by atoms with Crippen LogP contribution in [0.1, 0.15) is 21.5 Å². The van der Waals surface area contributed by atoms with Gasteiger partial charge in [0.15, 0.2) is 5.65 Å². The summed E-state index contributed by atoms with van der Waals surface area (Å²) in [5, 5.41) is 18.2. The Labute approximate surface area is 182 Å². The Bertz CT molecular complexity index is 1370. The number of benzene rings is 2. The molecule has 0 aliphatic heterocycles. The van der Waals surface area contributed by atoms with E-state index in [4.69, 9.17) is 0 Å². The molecule has 4 aromatic rings. The fourth-order valence-corrected chi connectivity index (χ4v) is 3.42. The fourth-order valence-electron chi connectivity index (χ4n) is 3.42. The highest BCUT2D eigenvalue weighted by Gasteiger charge is 2.13. The van der Waals surface area contributed by atoms with Crippen LogP contribution in [-0.2, 0) is 13.1 Å². The molecule has 0 aliphatic carbocycles. The van der Waals surface area contributed by atoms with Crippen LogP contribution in [0.5, 0.6) is 0 Å². The van der Waals surface area contributed by atoms with E-state index in [0.29, 0.717) is 24.1 Å². The van der Waals surface area contributed by atoms with Gasteiger partial charge < -0.3 is 5.32 Å². The predicted molar refractivity (Wildman–Crippen MR) is 117 cm³/mol. The first-order valence-electron chi connectivity index (χ1n) is 9.91. The third kappa shape index (κ3) is 4.38. The molecule has 2 aromatic heterocycles. The number of amides is 1. The lowest BCUT2D eigenvalue weighted by Crippen LogP contribution is -2.27. The Morgan fingerprint density at radius 2 is 2.00 bits per heavy atom. The molecule has 0 atom stereocenters. The Balaban J connectivity index is 1.45. The molecule has 162 valence electrons. The van der Waals surface area contributed by atoms with Crippen molar-refractivity contribution in [2.45, 2.75) is 20.0 Å². The SMILES string of the molecule is Cc1cccc(Cn2cnc3c(cnn3CCNC(=O)c3cccc([N+](=O)[O-])c3)c2=O)c1. The first kappa shape index (κ1) is 20.9. The second-order valence-electron chi connectivity index (χ2n) is 7.34. The van der Waals surface area contributed by atoms with Crippen LogP contribution in [0.4, 0.5) is 5.69 Å².